The molecule has 10 nitrogen and oxygen atoms in total. The molecule has 1 aliphatic heterocycles. The number of hydrogen-bond donors (Lipinski definition) is 0. The maximum atomic E-state index is 13.2. The zero-order valence-electron chi connectivity index (χ0n) is 17.6. The van der Waals surface area contributed by atoms with Gasteiger partial charge in [0, 0.05) is 31.7 Å². The maximum Gasteiger partial charge on any atom is 0.279 e. The molecular formula is C21H20N4O6S2. The van der Waals surface area contributed by atoms with E-state index in [1.54, 1.807) is 48.5 Å². The Morgan fingerprint density at radius 3 is 2.03 bits per heavy atom. The fourth-order valence-corrected chi connectivity index (χ4v) is 6.24. The van der Waals surface area contributed by atoms with Gasteiger partial charge in [0.05, 0.1) is 12.0 Å². The predicted octanol–water partition coefficient (Wildman–Crippen LogP) is 1.92. The van der Waals surface area contributed by atoms with Crippen molar-refractivity contribution in [2.24, 2.45) is 0 Å². The van der Waals surface area contributed by atoms with Crippen LogP contribution in [0.25, 0.3) is 11.5 Å². The van der Waals surface area contributed by atoms with Crippen molar-refractivity contribution in [1.29, 1.82) is 5.26 Å². The van der Waals surface area contributed by atoms with Crippen molar-refractivity contribution in [1.82, 2.24) is 13.6 Å². The van der Waals surface area contributed by atoms with E-state index in [9.17, 15) is 22.1 Å². The molecule has 2 aromatic carbocycles. The van der Waals surface area contributed by atoms with Gasteiger partial charge in [0.2, 0.25) is 15.9 Å². The number of hydrogen-bond acceptors (Lipinski definition) is 8. The lowest BCUT2D eigenvalue weighted by molar-refractivity contribution is 0.268. The third-order valence-corrected chi connectivity index (χ3v) is 8.89. The second-order valence-corrected chi connectivity index (χ2v) is 10.9. The molecule has 3 aromatic rings. The van der Waals surface area contributed by atoms with Gasteiger partial charge < -0.3 is 9.15 Å². The third kappa shape index (κ3) is 4.36. The summed E-state index contributed by atoms with van der Waals surface area (Å²) in [4.78, 5) is 4.11. The number of benzene rings is 2. The molecule has 1 aliphatic rings. The number of rotatable bonds is 6. The lowest BCUT2D eigenvalue weighted by Gasteiger charge is -2.32. The number of aromatic nitrogens is 1. The van der Waals surface area contributed by atoms with Gasteiger partial charge in [0.15, 0.2) is 5.69 Å². The van der Waals surface area contributed by atoms with E-state index in [2.05, 4.69) is 4.98 Å². The van der Waals surface area contributed by atoms with E-state index >= 15 is 0 Å². The van der Waals surface area contributed by atoms with Gasteiger partial charge in [0.1, 0.15) is 11.8 Å². The molecule has 0 spiro atoms. The SMILES string of the molecule is COc1ccc(S(=O)(=O)N2CCN(S(=O)(=O)c3oc(-c4ccccc4)nc3C#N)CC2)cc1. The molecule has 0 radical (unpaired) electrons. The molecular weight excluding hydrogens is 468 g/mol. The highest BCUT2D eigenvalue weighted by atomic mass is 32.2. The topological polar surface area (TPSA) is 134 Å². The summed E-state index contributed by atoms with van der Waals surface area (Å²) in [6.45, 7) is -0.280. The Labute approximate surface area is 191 Å². The van der Waals surface area contributed by atoms with Gasteiger partial charge in [0.25, 0.3) is 15.1 Å². The summed E-state index contributed by atoms with van der Waals surface area (Å²) in [6, 6.07) is 16.4. The third-order valence-electron chi connectivity index (χ3n) is 5.19. The van der Waals surface area contributed by atoms with Crippen molar-refractivity contribution in [2.45, 2.75) is 9.99 Å². The number of nitriles is 1. The second-order valence-electron chi connectivity index (χ2n) is 7.12. The van der Waals surface area contributed by atoms with Crippen LogP contribution in [0.2, 0.25) is 0 Å². The average molecular weight is 489 g/mol. The van der Waals surface area contributed by atoms with Crippen molar-refractivity contribution < 1.29 is 26.0 Å². The summed E-state index contributed by atoms with van der Waals surface area (Å²) < 4.78 is 65.0. The predicted molar refractivity (Wildman–Crippen MR) is 117 cm³/mol. The maximum absolute atomic E-state index is 13.2. The molecule has 0 aliphatic carbocycles. The van der Waals surface area contributed by atoms with Crippen molar-refractivity contribution in [3.05, 3.63) is 60.3 Å². The Hall–Kier alpha value is -3.24. The van der Waals surface area contributed by atoms with Gasteiger partial charge in [-0.25, -0.2) is 16.8 Å². The van der Waals surface area contributed by atoms with Crippen LogP contribution >= 0.6 is 0 Å². The number of methoxy groups -OCH3 is 1. The lowest BCUT2D eigenvalue weighted by atomic mass is 10.2. The number of sulfonamides is 2. The fraction of sp³-hybridized carbons (Fsp3) is 0.238. The summed E-state index contributed by atoms with van der Waals surface area (Å²) in [6.07, 6.45) is 0. The zero-order valence-corrected chi connectivity index (χ0v) is 19.2. The molecule has 1 saturated heterocycles. The molecule has 0 bridgehead atoms. The minimum atomic E-state index is -4.19. The van der Waals surface area contributed by atoms with Crippen LogP contribution in [-0.2, 0) is 20.0 Å². The van der Waals surface area contributed by atoms with Crippen LogP contribution in [0.3, 0.4) is 0 Å². The van der Waals surface area contributed by atoms with Crippen molar-refractivity contribution >= 4 is 20.0 Å². The van der Waals surface area contributed by atoms with Gasteiger partial charge in [-0.3, -0.25) is 0 Å². The summed E-state index contributed by atoms with van der Waals surface area (Å²) in [5, 5.41) is 8.85. The zero-order chi connectivity index (χ0) is 23.6. The van der Waals surface area contributed by atoms with E-state index in [0.717, 1.165) is 4.31 Å². The molecule has 12 heteroatoms. The van der Waals surface area contributed by atoms with E-state index in [1.807, 2.05) is 0 Å². The highest BCUT2D eigenvalue weighted by Crippen LogP contribution is 2.28. The van der Waals surface area contributed by atoms with Gasteiger partial charge in [-0.05, 0) is 36.4 Å². The quantitative estimate of drug-likeness (QED) is 0.514. The summed E-state index contributed by atoms with van der Waals surface area (Å²) >= 11 is 0. The molecule has 2 heterocycles. The minimum absolute atomic E-state index is 0.0199. The average Bonchev–Trinajstić information content (AvgIpc) is 3.30. The van der Waals surface area contributed by atoms with Crippen molar-refractivity contribution in [2.75, 3.05) is 33.3 Å². The molecule has 33 heavy (non-hydrogen) atoms. The Bertz CT molecular complexity index is 1390. The van der Waals surface area contributed by atoms with Crippen LogP contribution in [0.5, 0.6) is 5.75 Å². The second kappa shape index (κ2) is 8.95. The molecule has 0 saturated carbocycles. The first-order valence-corrected chi connectivity index (χ1v) is 12.8. The highest BCUT2D eigenvalue weighted by molar-refractivity contribution is 7.89. The molecule has 1 fully saturated rings. The van der Waals surface area contributed by atoms with Gasteiger partial charge in [-0.15, -0.1) is 0 Å². The smallest absolute Gasteiger partial charge is 0.279 e. The summed E-state index contributed by atoms with van der Waals surface area (Å²) in [7, 11) is -6.50. The Kier molecular flexibility index (Phi) is 6.22. The summed E-state index contributed by atoms with van der Waals surface area (Å²) in [5.74, 6) is 0.548. The van der Waals surface area contributed by atoms with Crippen LogP contribution in [0, 0.1) is 11.3 Å². The van der Waals surface area contributed by atoms with Gasteiger partial charge >= 0.3 is 0 Å². The number of oxazole rings is 1. The first-order valence-electron chi connectivity index (χ1n) is 9.88. The van der Waals surface area contributed by atoms with E-state index in [0.29, 0.717) is 11.3 Å². The van der Waals surface area contributed by atoms with E-state index in [4.69, 9.17) is 9.15 Å². The minimum Gasteiger partial charge on any atom is -0.497 e. The number of piperazine rings is 1. The van der Waals surface area contributed by atoms with E-state index in [1.165, 1.54) is 23.5 Å². The van der Waals surface area contributed by atoms with Crippen molar-refractivity contribution in [3.63, 3.8) is 0 Å². The molecule has 0 unspecified atom stereocenters. The van der Waals surface area contributed by atoms with Crippen LogP contribution in [0.15, 0.2) is 69.0 Å². The molecule has 0 atom stereocenters. The Morgan fingerprint density at radius 2 is 1.48 bits per heavy atom. The van der Waals surface area contributed by atoms with E-state index in [-0.39, 0.29) is 42.7 Å². The molecule has 4 rings (SSSR count). The first-order chi connectivity index (χ1) is 15.8. The first kappa shape index (κ1) is 22.9. The molecule has 0 amide bonds. The van der Waals surface area contributed by atoms with E-state index < -0.39 is 25.1 Å². The molecule has 0 N–H and O–H groups in total. The summed E-state index contributed by atoms with van der Waals surface area (Å²) in [5.41, 5.74) is 0.188. The highest BCUT2D eigenvalue weighted by Gasteiger charge is 2.37. The van der Waals surface area contributed by atoms with Crippen LogP contribution < -0.4 is 4.74 Å². The normalized spacial score (nSPS) is 15.8. The molecule has 172 valence electrons. The van der Waals surface area contributed by atoms with Crippen LogP contribution in [0.1, 0.15) is 5.69 Å². The Balaban J connectivity index is 1.54. The fourth-order valence-electron chi connectivity index (χ4n) is 3.42. The Morgan fingerprint density at radius 1 is 0.909 bits per heavy atom. The van der Waals surface area contributed by atoms with Crippen molar-refractivity contribution in [3.8, 4) is 23.3 Å². The van der Waals surface area contributed by atoms with Crippen LogP contribution in [0.4, 0.5) is 0 Å². The number of ether oxygens (including phenoxy) is 1. The van der Waals surface area contributed by atoms with Gasteiger partial charge in [-0.1, -0.05) is 18.2 Å². The number of nitrogens with zero attached hydrogens (tertiary/aromatic N) is 4. The van der Waals surface area contributed by atoms with Gasteiger partial charge in [-0.2, -0.15) is 18.9 Å². The van der Waals surface area contributed by atoms with Crippen LogP contribution in [-0.4, -0.2) is 63.7 Å². The molecule has 1 aromatic heterocycles. The lowest BCUT2D eigenvalue weighted by Crippen LogP contribution is -2.50. The standard InChI is InChI=1S/C21H20N4O6S2/c1-30-17-7-9-18(10-8-17)32(26,27)24-11-13-25(14-12-24)33(28,29)21-19(15-22)23-20(31-21)16-5-3-2-4-6-16/h2-10H,11-14H2,1H3. The monoisotopic (exact) mass is 488 g/mol. The largest absolute Gasteiger partial charge is 0.497 e.